The minimum Gasteiger partial charge on any atom is -0.480 e. The van der Waals surface area contributed by atoms with Crippen molar-refractivity contribution in [2.24, 2.45) is 0 Å². The van der Waals surface area contributed by atoms with Crippen molar-refractivity contribution in [2.45, 2.75) is 25.3 Å². The van der Waals surface area contributed by atoms with Crippen LogP contribution in [0.3, 0.4) is 0 Å². The Morgan fingerprint density at radius 1 is 1.50 bits per heavy atom. The SMILES string of the molecule is C=CCC(=O)NC(CCC(=O)OC)C(=O)O. The molecule has 0 fully saturated rings. The second-order valence-corrected chi connectivity index (χ2v) is 3.07. The maximum absolute atomic E-state index is 11.1. The number of aliphatic carboxylic acids is 1. The molecule has 90 valence electrons. The average Bonchev–Trinajstić information content (AvgIpc) is 2.23. The number of carboxylic acids is 1. The van der Waals surface area contributed by atoms with Crippen molar-refractivity contribution < 1.29 is 24.2 Å². The van der Waals surface area contributed by atoms with Crippen LogP contribution in [0.5, 0.6) is 0 Å². The Balaban J connectivity index is 4.17. The number of carbonyl (C=O) groups excluding carboxylic acids is 2. The van der Waals surface area contributed by atoms with Crippen molar-refractivity contribution in [3.05, 3.63) is 12.7 Å². The first-order chi connectivity index (χ1) is 7.51. The third-order valence-electron chi connectivity index (χ3n) is 1.83. The highest BCUT2D eigenvalue weighted by Gasteiger charge is 2.20. The van der Waals surface area contributed by atoms with Crippen LogP contribution in [0, 0.1) is 0 Å². The van der Waals surface area contributed by atoms with Crippen molar-refractivity contribution >= 4 is 17.8 Å². The third kappa shape index (κ3) is 5.79. The molecule has 6 heteroatoms. The average molecular weight is 229 g/mol. The van der Waals surface area contributed by atoms with Gasteiger partial charge >= 0.3 is 11.9 Å². The lowest BCUT2D eigenvalue weighted by molar-refractivity contribution is -0.144. The Morgan fingerprint density at radius 3 is 2.56 bits per heavy atom. The van der Waals surface area contributed by atoms with Gasteiger partial charge in [-0.05, 0) is 6.42 Å². The summed E-state index contributed by atoms with van der Waals surface area (Å²) in [6, 6.07) is -1.08. The predicted molar refractivity (Wildman–Crippen MR) is 55.6 cm³/mol. The van der Waals surface area contributed by atoms with Crippen LogP contribution in [0.1, 0.15) is 19.3 Å². The highest BCUT2D eigenvalue weighted by atomic mass is 16.5. The van der Waals surface area contributed by atoms with Gasteiger partial charge in [-0.1, -0.05) is 6.08 Å². The zero-order valence-corrected chi connectivity index (χ0v) is 9.06. The molecule has 0 bridgehead atoms. The molecule has 0 aromatic heterocycles. The van der Waals surface area contributed by atoms with Crippen LogP contribution >= 0.6 is 0 Å². The second-order valence-electron chi connectivity index (χ2n) is 3.07. The number of amides is 1. The molecule has 6 nitrogen and oxygen atoms in total. The van der Waals surface area contributed by atoms with E-state index in [1.54, 1.807) is 0 Å². The monoisotopic (exact) mass is 229 g/mol. The summed E-state index contributed by atoms with van der Waals surface area (Å²) in [5, 5.41) is 11.1. The van der Waals surface area contributed by atoms with Crippen LogP contribution in [0.25, 0.3) is 0 Å². The molecule has 0 heterocycles. The standard InChI is InChI=1S/C10H15NO5/c1-3-4-8(12)11-7(10(14)15)5-6-9(13)16-2/h3,7H,1,4-6H2,2H3,(H,11,12)(H,14,15). The first-order valence-corrected chi connectivity index (χ1v) is 4.71. The van der Waals surface area contributed by atoms with Gasteiger partial charge in [0.15, 0.2) is 0 Å². The Kier molecular flexibility index (Phi) is 6.58. The molecule has 0 aromatic rings. The van der Waals surface area contributed by atoms with E-state index < -0.39 is 23.9 Å². The van der Waals surface area contributed by atoms with E-state index in [4.69, 9.17) is 5.11 Å². The number of esters is 1. The Labute approximate surface area is 93.3 Å². The predicted octanol–water partition coefficient (Wildman–Crippen LogP) is 0.0851. The lowest BCUT2D eigenvalue weighted by atomic mass is 10.1. The van der Waals surface area contributed by atoms with Crippen molar-refractivity contribution in [1.29, 1.82) is 0 Å². The highest BCUT2D eigenvalue weighted by molar-refractivity contribution is 5.84. The van der Waals surface area contributed by atoms with Gasteiger partial charge in [0.25, 0.3) is 0 Å². The summed E-state index contributed by atoms with van der Waals surface area (Å²) < 4.78 is 4.37. The second kappa shape index (κ2) is 7.44. The fourth-order valence-corrected chi connectivity index (χ4v) is 1.01. The van der Waals surface area contributed by atoms with Crippen molar-refractivity contribution in [3.63, 3.8) is 0 Å². The van der Waals surface area contributed by atoms with E-state index in [-0.39, 0.29) is 19.3 Å². The van der Waals surface area contributed by atoms with Gasteiger partial charge < -0.3 is 15.2 Å². The first-order valence-electron chi connectivity index (χ1n) is 4.71. The van der Waals surface area contributed by atoms with Gasteiger partial charge in [0.05, 0.1) is 7.11 Å². The van der Waals surface area contributed by atoms with Gasteiger partial charge in [0.1, 0.15) is 6.04 Å². The zero-order valence-electron chi connectivity index (χ0n) is 9.06. The number of hydrogen-bond acceptors (Lipinski definition) is 4. The summed E-state index contributed by atoms with van der Waals surface area (Å²) in [7, 11) is 1.22. The number of nitrogens with one attached hydrogen (secondary N) is 1. The molecular weight excluding hydrogens is 214 g/mol. The smallest absolute Gasteiger partial charge is 0.326 e. The molecule has 16 heavy (non-hydrogen) atoms. The van der Waals surface area contributed by atoms with Gasteiger partial charge in [0, 0.05) is 12.8 Å². The lowest BCUT2D eigenvalue weighted by Crippen LogP contribution is -2.40. The van der Waals surface area contributed by atoms with E-state index in [1.807, 2.05) is 0 Å². The van der Waals surface area contributed by atoms with Gasteiger partial charge in [0.2, 0.25) is 5.91 Å². The van der Waals surface area contributed by atoms with E-state index in [0.29, 0.717) is 0 Å². The van der Waals surface area contributed by atoms with Gasteiger partial charge in [-0.25, -0.2) is 4.79 Å². The minimum atomic E-state index is -1.18. The number of rotatable bonds is 7. The maximum Gasteiger partial charge on any atom is 0.326 e. The van der Waals surface area contributed by atoms with Crippen LogP contribution in [0.2, 0.25) is 0 Å². The zero-order chi connectivity index (χ0) is 12.6. The van der Waals surface area contributed by atoms with Crippen molar-refractivity contribution in [3.8, 4) is 0 Å². The van der Waals surface area contributed by atoms with Gasteiger partial charge in [-0.15, -0.1) is 6.58 Å². The molecule has 0 aliphatic heterocycles. The number of carbonyl (C=O) groups is 3. The molecule has 0 rings (SSSR count). The molecule has 0 saturated carbocycles. The fraction of sp³-hybridized carbons (Fsp3) is 0.500. The molecule has 0 radical (unpaired) electrons. The van der Waals surface area contributed by atoms with Gasteiger partial charge in [-0.2, -0.15) is 0 Å². The first kappa shape index (κ1) is 14.2. The maximum atomic E-state index is 11.1. The van der Waals surface area contributed by atoms with Crippen molar-refractivity contribution in [1.82, 2.24) is 5.32 Å². The quantitative estimate of drug-likeness (QED) is 0.476. The van der Waals surface area contributed by atoms with Gasteiger partial charge in [-0.3, -0.25) is 9.59 Å². The van der Waals surface area contributed by atoms with Crippen LogP contribution in [0.15, 0.2) is 12.7 Å². The third-order valence-corrected chi connectivity index (χ3v) is 1.83. The lowest BCUT2D eigenvalue weighted by Gasteiger charge is -2.12. The molecule has 1 atom stereocenters. The molecule has 1 amide bonds. The summed E-state index contributed by atoms with van der Waals surface area (Å²) in [4.78, 5) is 32.7. The van der Waals surface area contributed by atoms with E-state index >= 15 is 0 Å². The normalized spacial score (nSPS) is 11.3. The largest absolute Gasteiger partial charge is 0.480 e. The molecule has 0 aromatic carbocycles. The van der Waals surface area contributed by atoms with Crippen LogP contribution in [-0.4, -0.2) is 36.1 Å². The molecule has 0 spiro atoms. The summed E-state index contributed by atoms with van der Waals surface area (Å²) in [5.74, 6) is -2.13. The topological polar surface area (TPSA) is 92.7 Å². The summed E-state index contributed by atoms with van der Waals surface area (Å²) in [6.07, 6.45) is 1.36. The Hall–Kier alpha value is -1.85. The molecular formula is C10H15NO5. The number of carboxylic acid groups (broad SMARTS) is 1. The number of hydrogen-bond donors (Lipinski definition) is 2. The van der Waals surface area contributed by atoms with E-state index in [1.165, 1.54) is 13.2 Å². The molecule has 2 N–H and O–H groups in total. The summed E-state index contributed by atoms with van der Waals surface area (Å²) in [6.45, 7) is 3.36. The van der Waals surface area contributed by atoms with E-state index in [0.717, 1.165) is 0 Å². The van der Waals surface area contributed by atoms with E-state index in [9.17, 15) is 14.4 Å². The summed E-state index contributed by atoms with van der Waals surface area (Å²) in [5.41, 5.74) is 0. The molecule has 0 saturated heterocycles. The van der Waals surface area contributed by atoms with Crippen LogP contribution in [0.4, 0.5) is 0 Å². The van der Waals surface area contributed by atoms with Crippen LogP contribution in [-0.2, 0) is 19.1 Å². The Bertz CT molecular complexity index is 287. The minimum absolute atomic E-state index is 0.00485. The molecule has 0 aliphatic rings. The van der Waals surface area contributed by atoms with Crippen LogP contribution < -0.4 is 5.32 Å². The number of methoxy groups -OCH3 is 1. The fourth-order valence-electron chi connectivity index (χ4n) is 1.01. The Morgan fingerprint density at radius 2 is 2.12 bits per heavy atom. The van der Waals surface area contributed by atoms with Crippen molar-refractivity contribution in [2.75, 3.05) is 7.11 Å². The summed E-state index contributed by atoms with van der Waals surface area (Å²) >= 11 is 0. The number of ether oxygens (including phenoxy) is 1. The van der Waals surface area contributed by atoms with E-state index in [2.05, 4.69) is 16.6 Å². The molecule has 1 unspecified atom stereocenters. The highest BCUT2D eigenvalue weighted by Crippen LogP contribution is 2.00. The molecule has 0 aliphatic carbocycles.